The molecular weight excluding hydrogens is 514 g/mol. The van der Waals surface area contributed by atoms with Gasteiger partial charge >= 0.3 is 5.97 Å². The predicted molar refractivity (Wildman–Crippen MR) is 158 cm³/mol. The van der Waals surface area contributed by atoms with Gasteiger partial charge in [-0.2, -0.15) is 5.10 Å². The summed E-state index contributed by atoms with van der Waals surface area (Å²) in [6.07, 6.45) is 0. The highest BCUT2D eigenvalue weighted by Gasteiger charge is 2.64. The number of nitrogens with zero attached hydrogens (tertiary/aromatic N) is 5. The van der Waals surface area contributed by atoms with E-state index in [0.29, 0.717) is 18.9 Å². The highest BCUT2D eigenvalue weighted by Crippen LogP contribution is 2.64. The van der Waals surface area contributed by atoms with Crippen molar-refractivity contribution in [1.82, 2.24) is 24.3 Å². The van der Waals surface area contributed by atoms with Crippen LogP contribution in [0.5, 0.6) is 5.75 Å². The van der Waals surface area contributed by atoms with Crippen LogP contribution in [0.25, 0.3) is 32.8 Å². The van der Waals surface area contributed by atoms with Crippen molar-refractivity contribution < 1.29 is 14.6 Å². The molecule has 1 fully saturated rings. The quantitative estimate of drug-likeness (QED) is 0.238. The fourth-order valence-corrected chi connectivity index (χ4v) is 6.25. The molecule has 0 spiro atoms. The normalized spacial score (nSPS) is 17.8. The van der Waals surface area contributed by atoms with Gasteiger partial charge in [-0.1, -0.05) is 56.3 Å². The van der Waals surface area contributed by atoms with Gasteiger partial charge in [-0.3, -0.25) is 9.48 Å². The molecule has 6 aromatic rings. The molecule has 3 aromatic carbocycles. The number of fused-ring (bicyclic) bond motifs is 3. The maximum atomic E-state index is 12.1. The van der Waals surface area contributed by atoms with Gasteiger partial charge in [-0.05, 0) is 42.7 Å². The van der Waals surface area contributed by atoms with Crippen molar-refractivity contribution in [2.45, 2.75) is 46.4 Å². The number of carboxylic acid groups (broad SMARTS) is 1. The monoisotopic (exact) mass is 545 g/mol. The van der Waals surface area contributed by atoms with Crippen LogP contribution < -0.4 is 4.74 Å². The first-order valence-electron chi connectivity index (χ1n) is 14.0. The summed E-state index contributed by atoms with van der Waals surface area (Å²) in [4.78, 5) is 21.9. The minimum Gasteiger partial charge on any atom is -0.487 e. The molecular formula is C33H31N5O3. The molecule has 8 nitrogen and oxygen atoms in total. The Balaban J connectivity index is 1.26. The molecule has 0 bridgehead atoms. The van der Waals surface area contributed by atoms with E-state index in [-0.39, 0.29) is 5.92 Å². The van der Waals surface area contributed by atoms with Gasteiger partial charge in [-0.25, -0.2) is 9.97 Å². The van der Waals surface area contributed by atoms with Crippen LogP contribution in [0.1, 0.15) is 43.9 Å². The molecule has 206 valence electrons. The Hall–Kier alpha value is -4.72. The number of pyridine rings is 1. The second-order valence-corrected chi connectivity index (χ2v) is 11.4. The second kappa shape index (κ2) is 9.44. The van der Waals surface area contributed by atoms with Crippen molar-refractivity contribution >= 4 is 38.8 Å². The van der Waals surface area contributed by atoms with Gasteiger partial charge in [0.1, 0.15) is 18.2 Å². The Kier molecular flexibility index (Phi) is 5.81. The van der Waals surface area contributed by atoms with Crippen LogP contribution in [0.15, 0.2) is 78.9 Å². The SMILES string of the molecule is CCn1nc(Cn2c([C@H]3[C@@H](C(=O)O)C3(C)C)nc3cc(OCc4ccc5ccccc5n4)ccc32)c2ccccc21. The molecule has 1 saturated carbocycles. The number of aliphatic carboxylic acids is 1. The average Bonchev–Trinajstić information content (AvgIpc) is 3.23. The van der Waals surface area contributed by atoms with Crippen molar-refractivity contribution in [2.75, 3.05) is 0 Å². The molecule has 7 rings (SSSR count). The maximum Gasteiger partial charge on any atom is 0.307 e. The highest BCUT2D eigenvalue weighted by molar-refractivity contribution is 5.84. The van der Waals surface area contributed by atoms with E-state index in [2.05, 4.69) is 29.7 Å². The maximum absolute atomic E-state index is 12.1. The van der Waals surface area contributed by atoms with E-state index < -0.39 is 17.3 Å². The Morgan fingerprint density at radius 2 is 1.76 bits per heavy atom. The fraction of sp³-hybridized carbons (Fsp3) is 0.273. The summed E-state index contributed by atoms with van der Waals surface area (Å²) in [6, 6.07) is 26.2. The Morgan fingerprint density at radius 3 is 2.56 bits per heavy atom. The molecule has 0 saturated heterocycles. The van der Waals surface area contributed by atoms with Gasteiger partial charge in [0.2, 0.25) is 0 Å². The summed E-state index contributed by atoms with van der Waals surface area (Å²) in [5, 5.41) is 17.1. The van der Waals surface area contributed by atoms with Crippen LogP contribution in [0.3, 0.4) is 0 Å². The van der Waals surface area contributed by atoms with Gasteiger partial charge in [-0.15, -0.1) is 0 Å². The van der Waals surface area contributed by atoms with Crippen LogP contribution in [-0.2, 0) is 24.5 Å². The van der Waals surface area contributed by atoms with Crippen LogP contribution in [0, 0.1) is 11.3 Å². The van der Waals surface area contributed by atoms with Gasteiger partial charge < -0.3 is 14.4 Å². The Labute approximate surface area is 237 Å². The number of ether oxygens (including phenoxy) is 1. The zero-order valence-corrected chi connectivity index (χ0v) is 23.3. The van der Waals surface area contributed by atoms with Gasteiger partial charge in [0.25, 0.3) is 0 Å². The summed E-state index contributed by atoms with van der Waals surface area (Å²) >= 11 is 0. The summed E-state index contributed by atoms with van der Waals surface area (Å²) in [7, 11) is 0. The average molecular weight is 546 g/mol. The number of imidazole rings is 1. The molecule has 0 amide bonds. The van der Waals surface area contributed by atoms with Crippen LogP contribution >= 0.6 is 0 Å². The minimum absolute atomic E-state index is 0.196. The van der Waals surface area contributed by atoms with Crippen molar-refractivity contribution in [3.8, 4) is 5.75 Å². The van der Waals surface area contributed by atoms with Crippen molar-refractivity contribution in [3.05, 3.63) is 96.1 Å². The van der Waals surface area contributed by atoms with E-state index in [9.17, 15) is 9.90 Å². The molecule has 1 N–H and O–H groups in total. The second-order valence-electron chi connectivity index (χ2n) is 11.4. The first-order chi connectivity index (χ1) is 19.8. The lowest BCUT2D eigenvalue weighted by Crippen LogP contribution is -2.08. The molecule has 3 heterocycles. The number of hydrogen-bond acceptors (Lipinski definition) is 5. The first kappa shape index (κ1) is 25.3. The van der Waals surface area contributed by atoms with E-state index in [0.717, 1.165) is 56.6 Å². The number of para-hydroxylation sites is 2. The molecule has 0 radical (unpaired) electrons. The Bertz CT molecular complexity index is 1950. The number of aromatic nitrogens is 5. The largest absolute Gasteiger partial charge is 0.487 e. The Morgan fingerprint density at radius 1 is 0.951 bits per heavy atom. The zero-order chi connectivity index (χ0) is 28.3. The number of rotatable bonds is 8. The van der Waals surface area contributed by atoms with E-state index in [1.165, 1.54) is 0 Å². The lowest BCUT2D eigenvalue weighted by Gasteiger charge is -2.10. The molecule has 2 atom stereocenters. The summed E-state index contributed by atoms with van der Waals surface area (Å²) in [5.41, 5.74) is 5.12. The van der Waals surface area contributed by atoms with Crippen LogP contribution in [0.2, 0.25) is 0 Å². The lowest BCUT2D eigenvalue weighted by molar-refractivity contribution is -0.139. The lowest BCUT2D eigenvalue weighted by atomic mass is 10.1. The summed E-state index contributed by atoms with van der Waals surface area (Å²) < 4.78 is 10.3. The van der Waals surface area contributed by atoms with Crippen molar-refractivity contribution in [2.24, 2.45) is 11.3 Å². The third-order valence-electron chi connectivity index (χ3n) is 8.51. The van der Waals surface area contributed by atoms with E-state index in [1.807, 2.05) is 79.2 Å². The number of aryl methyl sites for hydroxylation is 1. The molecule has 1 aliphatic carbocycles. The smallest absolute Gasteiger partial charge is 0.307 e. The van der Waals surface area contributed by atoms with Gasteiger partial charge in [0, 0.05) is 29.3 Å². The predicted octanol–water partition coefficient (Wildman–Crippen LogP) is 6.41. The van der Waals surface area contributed by atoms with Gasteiger partial charge in [0.05, 0.1) is 45.9 Å². The summed E-state index contributed by atoms with van der Waals surface area (Å²) in [5.74, 6) is -0.00268. The van der Waals surface area contributed by atoms with Crippen molar-refractivity contribution in [1.29, 1.82) is 0 Å². The molecule has 41 heavy (non-hydrogen) atoms. The standard InChI is InChI=1S/C33H31N5O3/c1-4-38-27-12-8-6-10-23(27)26(36-38)18-37-28-16-15-22(41-19-21-14-13-20-9-5-7-11-24(20)34-21)17-25(28)35-31(37)29-30(32(39)40)33(29,2)3/h5-17,29-30H,4,18-19H2,1-3H3,(H,39,40)/t29-,30+/m1/s1. The third kappa shape index (κ3) is 4.22. The minimum atomic E-state index is -0.786. The molecule has 8 heteroatoms. The van der Waals surface area contributed by atoms with Crippen molar-refractivity contribution in [3.63, 3.8) is 0 Å². The van der Waals surface area contributed by atoms with E-state index in [4.69, 9.17) is 19.8 Å². The van der Waals surface area contributed by atoms with Crippen LogP contribution in [0.4, 0.5) is 0 Å². The number of benzene rings is 3. The number of hydrogen-bond donors (Lipinski definition) is 1. The van der Waals surface area contributed by atoms with E-state index in [1.54, 1.807) is 0 Å². The zero-order valence-electron chi connectivity index (χ0n) is 23.3. The van der Waals surface area contributed by atoms with Gasteiger partial charge in [0.15, 0.2) is 0 Å². The van der Waals surface area contributed by atoms with Crippen LogP contribution in [-0.4, -0.2) is 35.4 Å². The number of carboxylic acids is 1. The first-order valence-corrected chi connectivity index (χ1v) is 14.0. The molecule has 3 aromatic heterocycles. The molecule has 0 aliphatic heterocycles. The van der Waals surface area contributed by atoms with E-state index >= 15 is 0 Å². The summed E-state index contributed by atoms with van der Waals surface area (Å²) in [6.45, 7) is 7.70. The third-order valence-corrected chi connectivity index (χ3v) is 8.51. The molecule has 0 unspecified atom stereocenters. The number of carbonyl (C=O) groups is 1. The fourth-order valence-electron chi connectivity index (χ4n) is 6.25. The topological polar surface area (TPSA) is 95.1 Å². The highest BCUT2D eigenvalue weighted by atomic mass is 16.5. The molecule has 1 aliphatic rings.